The molecule has 1 fully saturated rings. The monoisotopic (exact) mass is 362 g/mol. The van der Waals surface area contributed by atoms with Crippen LogP contribution in [0.1, 0.15) is 12.8 Å². The highest BCUT2D eigenvalue weighted by Crippen LogP contribution is 2.30. The Kier molecular flexibility index (Phi) is 6.01. The molecule has 1 aliphatic rings. The van der Waals surface area contributed by atoms with Crippen molar-refractivity contribution >= 4 is 50.9 Å². The van der Waals surface area contributed by atoms with E-state index in [0.29, 0.717) is 16.0 Å². The van der Waals surface area contributed by atoms with E-state index >= 15 is 0 Å². The number of amides is 1. The van der Waals surface area contributed by atoms with Crippen molar-refractivity contribution in [3.63, 3.8) is 0 Å². The summed E-state index contributed by atoms with van der Waals surface area (Å²) in [6.07, 6.45) is 2.28. The molecule has 0 aromatic heterocycles. The van der Waals surface area contributed by atoms with Crippen LogP contribution in [0.25, 0.3) is 0 Å². The Morgan fingerprint density at radius 1 is 1.47 bits per heavy atom. The second-order valence-corrected chi connectivity index (χ2v) is 6.90. The summed E-state index contributed by atoms with van der Waals surface area (Å²) in [7, 11) is 0. The molecule has 3 nitrogen and oxygen atoms in total. The molecule has 0 atom stereocenters. The van der Waals surface area contributed by atoms with Crippen molar-refractivity contribution in [3.8, 4) is 0 Å². The van der Waals surface area contributed by atoms with E-state index in [1.165, 1.54) is 0 Å². The third-order valence-electron chi connectivity index (χ3n) is 2.96. The molecule has 0 radical (unpaired) electrons. The quantitative estimate of drug-likeness (QED) is 0.860. The Morgan fingerprint density at radius 3 is 2.95 bits per heavy atom. The fourth-order valence-corrected chi connectivity index (χ4v) is 3.51. The first-order valence-electron chi connectivity index (χ1n) is 6.23. The highest BCUT2D eigenvalue weighted by molar-refractivity contribution is 9.10. The van der Waals surface area contributed by atoms with Crippen molar-refractivity contribution in [1.82, 2.24) is 5.32 Å². The Morgan fingerprint density at radius 2 is 2.21 bits per heavy atom. The third kappa shape index (κ3) is 4.67. The second kappa shape index (κ2) is 7.53. The summed E-state index contributed by atoms with van der Waals surface area (Å²) < 4.78 is 0.733. The van der Waals surface area contributed by atoms with Gasteiger partial charge < -0.3 is 10.6 Å². The number of hydrogen-bond acceptors (Lipinski definition) is 3. The van der Waals surface area contributed by atoms with Gasteiger partial charge >= 0.3 is 0 Å². The summed E-state index contributed by atoms with van der Waals surface area (Å²) >= 11 is 11.1. The first-order valence-corrected chi connectivity index (χ1v) is 8.45. The maximum atomic E-state index is 11.9. The average Bonchev–Trinajstić information content (AvgIpc) is 2.43. The predicted octanol–water partition coefficient (Wildman–Crippen LogP) is 3.53. The number of carbonyl (C=O) groups is 1. The summed E-state index contributed by atoms with van der Waals surface area (Å²) in [5.74, 6) is 0.510. The third-order valence-corrected chi connectivity index (χ3v) is 5.73. The zero-order valence-electron chi connectivity index (χ0n) is 10.4. The molecule has 0 spiro atoms. The molecule has 0 saturated carbocycles. The maximum absolute atomic E-state index is 11.9. The van der Waals surface area contributed by atoms with E-state index in [0.717, 1.165) is 36.1 Å². The normalized spacial score (nSPS) is 16.3. The van der Waals surface area contributed by atoms with Gasteiger partial charge in [0, 0.05) is 5.25 Å². The van der Waals surface area contributed by atoms with Crippen molar-refractivity contribution < 1.29 is 4.79 Å². The van der Waals surface area contributed by atoms with Crippen molar-refractivity contribution in [2.75, 3.05) is 24.2 Å². The lowest BCUT2D eigenvalue weighted by atomic mass is 10.2. The highest BCUT2D eigenvalue weighted by Gasteiger charge is 2.15. The van der Waals surface area contributed by atoms with Gasteiger partial charge in [0.2, 0.25) is 5.91 Å². The van der Waals surface area contributed by atoms with Gasteiger partial charge in [0.15, 0.2) is 0 Å². The molecule has 0 aliphatic carbocycles. The summed E-state index contributed by atoms with van der Waals surface area (Å²) in [4.78, 5) is 11.9. The lowest BCUT2D eigenvalue weighted by molar-refractivity contribution is -0.113. The van der Waals surface area contributed by atoms with Crippen LogP contribution in [0.4, 0.5) is 5.69 Å². The molecule has 1 saturated heterocycles. The van der Waals surface area contributed by atoms with Crippen LogP contribution in [0.3, 0.4) is 0 Å². The van der Waals surface area contributed by atoms with E-state index in [1.807, 2.05) is 12.1 Å². The van der Waals surface area contributed by atoms with Crippen molar-refractivity contribution in [2.45, 2.75) is 18.1 Å². The van der Waals surface area contributed by atoms with E-state index in [9.17, 15) is 4.79 Å². The van der Waals surface area contributed by atoms with Crippen LogP contribution in [-0.4, -0.2) is 30.0 Å². The van der Waals surface area contributed by atoms with Crippen LogP contribution in [0.15, 0.2) is 22.7 Å². The van der Waals surface area contributed by atoms with Gasteiger partial charge in [-0.15, -0.1) is 11.8 Å². The zero-order valence-corrected chi connectivity index (χ0v) is 13.6. The molecule has 19 heavy (non-hydrogen) atoms. The van der Waals surface area contributed by atoms with E-state index in [4.69, 9.17) is 11.6 Å². The van der Waals surface area contributed by atoms with Crippen LogP contribution >= 0.6 is 39.3 Å². The molecule has 2 rings (SSSR count). The number of benzene rings is 1. The Hall–Kier alpha value is -0.230. The number of nitrogens with one attached hydrogen (secondary N) is 2. The molecule has 2 N–H and O–H groups in total. The predicted molar refractivity (Wildman–Crippen MR) is 86.1 cm³/mol. The second-order valence-electron chi connectivity index (χ2n) is 4.41. The molecule has 104 valence electrons. The van der Waals surface area contributed by atoms with Gasteiger partial charge in [0.1, 0.15) is 0 Å². The molecule has 1 amide bonds. The van der Waals surface area contributed by atoms with Gasteiger partial charge in [-0.25, -0.2) is 0 Å². The summed E-state index contributed by atoms with van der Waals surface area (Å²) in [5.41, 5.74) is 0.725. The standard InChI is InChI=1S/C13H16BrClN2OS/c14-13-10(15)2-1-3-11(13)17-12(18)8-19-9-4-6-16-7-5-9/h1-3,9,16H,4-8H2,(H,17,18). The SMILES string of the molecule is O=C(CSC1CCNCC1)Nc1cccc(Cl)c1Br. The summed E-state index contributed by atoms with van der Waals surface area (Å²) in [6.45, 7) is 2.11. The minimum Gasteiger partial charge on any atom is -0.324 e. The largest absolute Gasteiger partial charge is 0.324 e. The van der Waals surface area contributed by atoms with Gasteiger partial charge in [0.05, 0.1) is 20.9 Å². The Labute approximate surface area is 131 Å². The molecule has 0 bridgehead atoms. The number of hydrogen-bond donors (Lipinski definition) is 2. The summed E-state index contributed by atoms with van der Waals surface area (Å²) in [6, 6.07) is 5.44. The smallest absolute Gasteiger partial charge is 0.234 e. The van der Waals surface area contributed by atoms with Crippen molar-refractivity contribution in [3.05, 3.63) is 27.7 Å². The van der Waals surface area contributed by atoms with Gasteiger partial charge in [-0.3, -0.25) is 4.79 Å². The van der Waals surface area contributed by atoms with E-state index in [1.54, 1.807) is 17.8 Å². The van der Waals surface area contributed by atoms with Crippen LogP contribution in [0.2, 0.25) is 5.02 Å². The lowest BCUT2D eigenvalue weighted by Gasteiger charge is -2.21. The number of piperidine rings is 1. The van der Waals surface area contributed by atoms with Gasteiger partial charge in [0.25, 0.3) is 0 Å². The van der Waals surface area contributed by atoms with Crippen LogP contribution < -0.4 is 10.6 Å². The number of thioether (sulfide) groups is 1. The van der Waals surface area contributed by atoms with E-state index in [-0.39, 0.29) is 5.91 Å². The van der Waals surface area contributed by atoms with Gasteiger partial charge in [-0.05, 0) is 54.0 Å². The number of anilines is 1. The number of rotatable bonds is 4. The highest BCUT2D eigenvalue weighted by atomic mass is 79.9. The number of halogens is 2. The minimum absolute atomic E-state index is 0.0199. The van der Waals surface area contributed by atoms with E-state index in [2.05, 4.69) is 26.6 Å². The Balaban J connectivity index is 1.82. The average molecular weight is 364 g/mol. The number of carbonyl (C=O) groups excluding carboxylic acids is 1. The molecule has 1 aromatic carbocycles. The molecular weight excluding hydrogens is 348 g/mol. The van der Waals surface area contributed by atoms with Crippen molar-refractivity contribution in [2.24, 2.45) is 0 Å². The lowest BCUT2D eigenvalue weighted by Crippen LogP contribution is -2.30. The fraction of sp³-hybridized carbons (Fsp3) is 0.462. The van der Waals surface area contributed by atoms with Crippen LogP contribution in [0, 0.1) is 0 Å². The maximum Gasteiger partial charge on any atom is 0.234 e. The summed E-state index contributed by atoms with van der Waals surface area (Å²) in [5, 5.41) is 7.40. The topological polar surface area (TPSA) is 41.1 Å². The minimum atomic E-state index is 0.0199. The molecule has 1 aromatic rings. The van der Waals surface area contributed by atoms with Crippen molar-refractivity contribution in [1.29, 1.82) is 0 Å². The van der Waals surface area contributed by atoms with E-state index < -0.39 is 0 Å². The Bertz CT molecular complexity index is 452. The van der Waals surface area contributed by atoms with Gasteiger partial charge in [-0.1, -0.05) is 17.7 Å². The molecule has 0 unspecified atom stereocenters. The molecular formula is C13H16BrClN2OS. The first kappa shape index (κ1) is 15.2. The molecule has 6 heteroatoms. The first-order chi connectivity index (χ1) is 9.16. The van der Waals surface area contributed by atoms with Crippen LogP contribution in [-0.2, 0) is 4.79 Å². The molecule has 1 heterocycles. The molecule has 1 aliphatic heterocycles. The fourth-order valence-electron chi connectivity index (χ4n) is 1.94. The van der Waals surface area contributed by atoms with Crippen LogP contribution in [0.5, 0.6) is 0 Å². The van der Waals surface area contributed by atoms with Gasteiger partial charge in [-0.2, -0.15) is 0 Å². The zero-order chi connectivity index (χ0) is 13.7.